The van der Waals surface area contributed by atoms with Crippen LogP contribution in [0.15, 0.2) is 24.3 Å². The maximum Gasteiger partial charge on any atom is 0.573 e. The molecular weight excluding hydrogens is 271 g/mol. The number of hydrogen-bond acceptors (Lipinski definition) is 3. The first-order valence-electron chi connectivity index (χ1n) is 6.58. The number of alkyl halides is 3. The lowest BCUT2D eigenvalue weighted by atomic mass is 9.94. The van der Waals surface area contributed by atoms with Gasteiger partial charge in [0.1, 0.15) is 5.75 Å². The van der Waals surface area contributed by atoms with E-state index in [2.05, 4.69) is 10.1 Å². The Kier molecular flexibility index (Phi) is 4.88. The summed E-state index contributed by atoms with van der Waals surface area (Å²) in [6.45, 7) is 1.48. The molecule has 6 heteroatoms. The van der Waals surface area contributed by atoms with Crippen molar-refractivity contribution in [1.29, 1.82) is 0 Å². The normalized spacial score (nSPS) is 20.9. The zero-order valence-corrected chi connectivity index (χ0v) is 11.2. The van der Waals surface area contributed by atoms with Crippen molar-refractivity contribution in [3.05, 3.63) is 29.8 Å². The van der Waals surface area contributed by atoms with Crippen molar-refractivity contribution in [1.82, 2.24) is 5.32 Å². The summed E-state index contributed by atoms with van der Waals surface area (Å²) in [4.78, 5) is 0. The van der Waals surface area contributed by atoms with Gasteiger partial charge in [0.05, 0.1) is 0 Å². The minimum Gasteiger partial charge on any atom is -0.406 e. The summed E-state index contributed by atoms with van der Waals surface area (Å²) in [5.74, 6) is 0.262. The van der Waals surface area contributed by atoms with E-state index in [1.165, 1.54) is 12.1 Å². The molecule has 0 amide bonds. The van der Waals surface area contributed by atoms with Crippen LogP contribution >= 0.6 is 0 Å². The molecule has 112 valence electrons. The van der Waals surface area contributed by atoms with Crippen molar-refractivity contribution in [2.45, 2.75) is 25.2 Å². The van der Waals surface area contributed by atoms with Gasteiger partial charge in [-0.15, -0.1) is 13.2 Å². The quantitative estimate of drug-likeness (QED) is 0.902. The molecule has 0 spiro atoms. The highest BCUT2D eigenvalue weighted by Gasteiger charge is 2.31. The standard InChI is InChI=1S/C14H18F3NO2/c1-18-13(7-10-5-6-19-9-10)11-3-2-4-12(8-11)20-14(15,16)17/h2-4,8,10,13,18H,5-7,9H2,1H3. The van der Waals surface area contributed by atoms with E-state index in [0.29, 0.717) is 5.92 Å². The van der Waals surface area contributed by atoms with Gasteiger partial charge in [0, 0.05) is 19.3 Å². The summed E-state index contributed by atoms with van der Waals surface area (Å²) in [5, 5.41) is 3.14. The molecule has 2 rings (SSSR count). The third-order valence-corrected chi connectivity index (χ3v) is 3.44. The number of benzene rings is 1. The first kappa shape index (κ1) is 15.1. The van der Waals surface area contributed by atoms with Crippen LogP contribution in [0.3, 0.4) is 0 Å². The van der Waals surface area contributed by atoms with E-state index in [1.54, 1.807) is 19.2 Å². The second kappa shape index (κ2) is 6.45. The van der Waals surface area contributed by atoms with Crippen LogP contribution in [-0.2, 0) is 4.74 Å². The summed E-state index contributed by atoms with van der Waals surface area (Å²) >= 11 is 0. The topological polar surface area (TPSA) is 30.5 Å². The second-order valence-corrected chi connectivity index (χ2v) is 4.93. The lowest BCUT2D eigenvalue weighted by Crippen LogP contribution is -2.21. The Morgan fingerprint density at radius 1 is 1.45 bits per heavy atom. The fraction of sp³-hybridized carbons (Fsp3) is 0.571. The molecule has 1 heterocycles. The highest BCUT2D eigenvalue weighted by atomic mass is 19.4. The Balaban J connectivity index is 2.06. The average molecular weight is 289 g/mol. The summed E-state index contributed by atoms with van der Waals surface area (Å²) < 4.78 is 46.0. The molecule has 1 aromatic rings. The minimum atomic E-state index is -4.66. The van der Waals surface area contributed by atoms with Crippen LogP contribution < -0.4 is 10.1 Å². The van der Waals surface area contributed by atoms with Crippen LogP contribution in [0.4, 0.5) is 13.2 Å². The van der Waals surface area contributed by atoms with E-state index in [0.717, 1.165) is 31.6 Å². The fourth-order valence-electron chi connectivity index (χ4n) is 2.45. The molecule has 2 unspecified atom stereocenters. The second-order valence-electron chi connectivity index (χ2n) is 4.93. The van der Waals surface area contributed by atoms with Crippen LogP contribution in [0.2, 0.25) is 0 Å². The average Bonchev–Trinajstić information content (AvgIpc) is 2.87. The molecule has 1 aliphatic rings. The summed E-state index contributed by atoms with van der Waals surface area (Å²) in [7, 11) is 1.80. The molecule has 1 N–H and O–H groups in total. The van der Waals surface area contributed by atoms with Gasteiger partial charge in [-0.25, -0.2) is 0 Å². The third-order valence-electron chi connectivity index (χ3n) is 3.44. The Labute approximate surface area is 116 Å². The van der Waals surface area contributed by atoms with Crippen molar-refractivity contribution in [3.8, 4) is 5.75 Å². The van der Waals surface area contributed by atoms with Gasteiger partial charge in [0.15, 0.2) is 0 Å². The van der Waals surface area contributed by atoms with Gasteiger partial charge in [0.25, 0.3) is 0 Å². The van der Waals surface area contributed by atoms with Crippen molar-refractivity contribution in [2.75, 3.05) is 20.3 Å². The van der Waals surface area contributed by atoms with E-state index in [1.807, 2.05) is 0 Å². The highest BCUT2D eigenvalue weighted by Crippen LogP contribution is 2.30. The molecule has 1 aliphatic heterocycles. The third kappa shape index (κ3) is 4.38. The smallest absolute Gasteiger partial charge is 0.406 e. The van der Waals surface area contributed by atoms with E-state index in [-0.39, 0.29) is 11.8 Å². The monoisotopic (exact) mass is 289 g/mol. The lowest BCUT2D eigenvalue weighted by Gasteiger charge is -2.20. The largest absolute Gasteiger partial charge is 0.573 e. The lowest BCUT2D eigenvalue weighted by molar-refractivity contribution is -0.274. The van der Waals surface area contributed by atoms with Crippen LogP contribution in [0.5, 0.6) is 5.75 Å². The van der Waals surface area contributed by atoms with Crippen LogP contribution in [0.25, 0.3) is 0 Å². The maximum absolute atomic E-state index is 12.2. The molecule has 1 aromatic carbocycles. The number of halogens is 3. The van der Waals surface area contributed by atoms with Gasteiger partial charge in [0.2, 0.25) is 0 Å². The molecule has 1 fully saturated rings. The predicted octanol–water partition coefficient (Wildman–Crippen LogP) is 3.27. The van der Waals surface area contributed by atoms with E-state index in [9.17, 15) is 13.2 Å². The zero-order valence-electron chi connectivity index (χ0n) is 11.2. The molecule has 0 aromatic heterocycles. The molecule has 3 nitrogen and oxygen atoms in total. The number of rotatable bonds is 5. The maximum atomic E-state index is 12.2. The van der Waals surface area contributed by atoms with Crippen molar-refractivity contribution in [3.63, 3.8) is 0 Å². The van der Waals surface area contributed by atoms with Gasteiger partial charge >= 0.3 is 6.36 Å². The van der Waals surface area contributed by atoms with Crippen LogP contribution in [-0.4, -0.2) is 26.6 Å². The number of ether oxygens (including phenoxy) is 2. The Bertz CT molecular complexity index is 431. The van der Waals surface area contributed by atoms with Gasteiger partial charge in [-0.05, 0) is 43.5 Å². The predicted molar refractivity (Wildman–Crippen MR) is 68.5 cm³/mol. The first-order chi connectivity index (χ1) is 9.48. The molecule has 2 atom stereocenters. The van der Waals surface area contributed by atoms with Gasteiger partial charge in [-0.1, -0.05) is 12.1 Å². The summed E-state index contributed by atoms with van der Waals surface area (Å²) in [5.41, 5.74) is 0.793. The molecule has 1 saturated heterocycles. The number of hydrogen-bond donors (Lipinski definition) is 1. The van der Waals surface area contributed by atoms with E-state index >= 15 is 0 Å². The number of nitrogens with one attached hydrogen (secondary N) is 1. The molecular formula is C14H18F3NO2. The van der Waals surface area contributed by atoms with Crippen molar-refractivity contribution < 1.29 is 22.6 Å². The Hall–Kier alpha value is -1.27. The molecule has 20 heavy (non-hydrogen) atoms. The van der Waals surface area contributed by atoms with Crippen LogP contribution in [0, 0.1) is 5.92 Å². The summed E-state index contributed by atoms with van der Waals surface area (Å²) in [6.07, 6.45) is -2.82. The minimum absolute atomic E-state index is 0.00140. The molecule has 0 aliphatic carbocycles. The SMILES string of the molecule is CNC(CC1CCOC1)c1cccc(OC(F)(F)F)c1. The molecule has 0 bridgehead atoms. The van der Waals surface area contributed by atoms with Crippen molar-refractivity contribution >= 4 is 0 Å². The first-order valence-corrected chi connectivity index (χ1v) is 6.58. The van der Waals surface area contributed by atoms with Crippen molar-refractivity contribution in [2.24, 2.45) is 5.92 Å². The molecule has 0 saturated carbocycles. The summed E-state index contributed by atoms with van der Waals surface area (Å²) in [6, 6.07) is 6.12. The van der Waals surface area contributed by atoms with Gasteiger partial charge in [-0.2, -0.15) is 0 Å². The van der Waals surface area contributed by atoms with E-state index < -0.39 is 6.36 Å². The fourth-order valence-corrected chi connectivity index (χ4v) is 2.45. The van der Waals surface area contributed by atoms with E-state index in [4.69, 9.17) is 4.74 Å². The van der Waals surface area contributed by atoms with Gasteiger partial charge < -0.3 is 14.8 Å². The zero-order chi connectivity index (χ0) is 14.6. The Morgan fingerprint density at radius 3 is 2.85 bits per heavy atom. The molecule has 0 radical (unpaired) electrons. The Morgan fingerprint density at radius 2 is 2.25 bits per heavy atom. The van der Waals surface area contributed by atoms with Crippen LogP contribution in [0.1, 0.15) is 24.4 Å². The van der Waals surface area contributed by atoms with Gasteiger partial charge in [-0.3, -0.25) is 0 Å². The highest BCUT2D eigenvalue weighted by molar-refractivity contribution is 5.30.